The number of ether oxygens (including phenoxy) is 1. The fraction of sp³-hybridized carbons (Fsp3) is 0.200. The Balaban J connectivity index is 1.92. The predicted octanol–water partition coefficient (Wildman–Crippen LogP) is 2.19. The van der Waals surface area contributed by atoms with Crippen molar-refractivity contribution in [1.82, 2.24) is 4.98 Å². The highest BCUT2D eigenvalue weighted by Crippen LogP contribution is 2.13. The van der Waals surface area contributed by atoms with E-state index in [2.05, 4.69) is 10.3 Å². The summed E-state index contributed by atoms with van der Waals surface area (Å²) < 4.78 is 5.28. The molecule has 0 saturated carbocycles. The lowest BCUT2D eigenvalue weighted by Crippen LogP contribution is -2.10. The number of nitrogens with zero attached hydrogens (tertiary/aromatic N) is 1. The van der Waals surface area contributed by atoms with Crippen LogP contribution in [-0.4, -0.2) is 17.5 Å². The van der Waals surface area contributed by atoms with Crippen molar-refractivity contribution in [3.8, 4) is 5.88 Å². The maximum Gasteiger partial charge on any atom is 0.248 e. The van der Waals surface area contributed by atoms with E-state index in [-0.39, 0.29) is 0 Å². The molecular weight excluding hydrogens is 254 g/mol. The fourth-order valence-electron chi connectivity index (χ4n) is 1.71. The van der Waals surface area contributed by atoms with E-state index < -0.39 is 5.91 Å². The molecule has 0 aliphatic carbocycles. The molecule has 0 unspecified atom stereocenters. The van der Waals surface area contributed by atoms with Crippen LogP contribution in [0.15, 0.2) is 42.6 Å². The van der Waals surface area contributed by atoms with E-state index in [1.54, 1.807) is 18.3 Å². The molecule has 0 bridgehead atoms. The van der Waals surface area contributed by atoms with E-state index in [1.165, 1.54) is 0 Å². The second kappa shape index (κ2) is 6.56. The van der Waals surface area contributed by atoms with Gasteiger partial charge in [-0.1, -0.05) is 12.1 Å². The largest absolute Gasteiger partial charge is 0.478 e. The number of nitrogens with one attached hydrogen (secondary N) is 1. The zero-order valence-electron chi connectivity index (χ0n) is 11.3. The first kappa shape index (κ1) is 13.9. The summed E-state index contributed by atoms with van der Waals surface area (Å²) in [6.45, 7) is 3.17. The van der Waals surface area contributed by atoms with Gasteiger partial charge in [0.25, 0.3) is 0 Å². The van der Waals surface area contributed by atoms with Crippen molar-refractivity contribution in [3.63, 3.8) is 0 Å². The Bertz CT molecular complexity index is 565. The topological polar surface area (TPSA) is 77.2 Å². The number of primary amides is 1. The van der Waals surface area contributed by atoms with Crippen LogP contribution in [0.3, 0.4) is 0 Å². The number of nitrogens with two attached hydrogens (primary N) is 1. The van der Waals surface area contributed by atoms with Crippen LogP contribution in [0.1, 0.15) is 22.8 Å². The van der Waals surface area contributed by atoms with E-state index in [0.29, 0.717) is 24.6 Å². The molecule has 0 fully saturated rings. The SMILES string of the molecule is CCOc1ccc(NCc2ccc(C(N)=O)cc2)cn1. The number of carbonyl (C=O) groups is 1. The number of carbonyl (C=O) groups excluding carboxylic acids is 1. The molecule has 1 amide bonds. The minimum absolute atomic E-state index is 0.416. The molecule has 5 nitrogen and oxygen atoms in total. The molecule has 0 aliphatic rings. The average Bonchev–Trinajstić information content (AvgIpc) is 2.47. The Morgan fingerprint density at radius 3 is 2.55 bits per heavy atom. The highest BCUT2D eigenvalue weighted by Gasteiger charge is 2.00. The van der Waals surface area contributed by atoms with Crippen molar-refractivity contribution in [2.45, 2.75) is 13.5 Å². The number of pyridine rings is 1. The lowest BCUT2D eigenvalue weighted by atomic mass is 10.1. The summed E-state index contributed by atoms with van der Waals surface area (Å²) in [5, 5.41) is 3.24. The van der Waals surface area contributed by atoms with Gasteiger partial charge in [0.2, 0.25) is 11.8 Å². The van der Waals surface area contributed by atoms with Crippen LogP contribution in [0.25, 0.3) is 0 Å². The summed E-state index contributed by atoms with van der Waals surface area (Å²) in [5.41, 5.74) is 7.67. The summed E-state index contributed by atoms with van der Waals surface area (Å²) in [7, 11) is 0. The van der Waals surface area contributed by atoms with Gasteiger partial charge >= 0.3 is 0 Å². The second-order valence-corrected chi connectivity index (χ2v) is 4.23. The van der Waals surface area contributed by atoms with Gasteiger partial charge in [0, 0.05) is 18.2 Å². The highest BCUT2D eigenvalue weighted by atomic mass is 16.5. The first-order chi connectivity index (χ1) is 9.69. The molecule has 2 rings (SSSR count). The zero-order chi connectivity index (χ0) is 14.4. The van der Waals surface area contributed by atoms with E-state index >= 15 is 0 Å². The number of amides is 1. The third-order valence-electron chi connectivity index (χ3n) is 2.76. The third-order valence-corrected chi connectivity index (χ3v) is 2.76. The molecular formula is C15H17N3O2. The number of benzene rings is 1. The summed E-state index contributed by atoms with van der Waals surface area (Å²) in [6, 6.07) is 10.9. The molecule has 3 N–H and O–H groups in total. The monoisotopic (exact) mass is 271 g/mol. The van der Waals surface area contributed by atoms with Crippen molar-refractivity contribution >= 4 is 11.6 Å². The number of rotatable bonds is 6. The minimum atomic E-state index is -0.416. The average molecular weight is 271 g/mol. The molecule has 0 atom stereocenters. The van der Waals surface area contributed by atoms with E-state index in [1.807, 2.05) is 31.2 Å². The molecule has 1 heterocycles. The molecule has 0 spiro atoms. The number of anilines is 1. The van der Waals surface area contributed by atoms with Crippen molar-refractivity contribution in [2.75, 3.05) is 11.9 Å². The van der Waals surface area contributed by atoms with Gasteiger partial charge in [0.15, 0.2) is 0 Å². The van der Waals surface area contributed by atoms with Gasteiger partial charge in [-0.25, -0.2) is 4.98 Å². The van der Waals surface area contributed by atoms with E-state index in [9.17, 15) is 4.79 Å². The number of hydrogen-bond donors (Lipinski definition) is 2. The molecule has 1 aromatic carbocycles. The van der Waals surface area contributed by atoms with Crippen LogP contribution in [0.5, 0.6) is 5.88 Å². The second-order valence-electron chi connectivity index (χ2n) is 4.23. The number of aromatic nitrogens is 1. The molecule has 2 aromatic rings. The fourth-order valence-corrected chi connectivity index (χ4v) is 1.71. The normalized spacial score (nSPS) is 10.1. The maximum atomic E-state index is 11.0. The van der Waals surface area contributed by atoms with Crippen molar-refractivity contribution in [2.24, 2.45) is 5.73 Å². The molecule has 0 saturated heterocycles. The third kappa shape index (κ3) is 3.71. The van der Waals surface area contributed by atoms with Gasteiger partial charge in [-0.2, -0.15) is 0 Å². The smallest absolute Gasteiger partial charge is 0.248 e. The lowest BCUT2D eigenvalue weighted by molar-refractivity contribution is 0.100. The first-order valence-corrected chi connectivity index (χ1v) is 6.40. The van der Waals surface area contributed by atoms with Gasteiger partial charge in [-0.05, 0) is 30.7 Å². The Morgan fingerprint density at radius 2 is 2.00 bits per heavy atom. The first-order valence-electron chi connectivity index (χ1n) is 6.40. The van der Waals surface area contributed by atoms with Gasteiger partial charge in [0.05, 0.1) is 18.5 Å². The van der Waals surface area contributed by atoms with Gasteiger partial charge in [-0.3, -0.25) is 4.79 Å². The van der Waals surface area contributed by atoms with Crippen LogP contribution in [0, 0.1) is 0 Å². The van der Waals surface area contributed by atoms with Crippen molar-refractivity contribution in [1.29, 1.82) is 0 Å². The van der Waals surface area contributed by atoms with Gasteiger partial charge < -0.3 is 15.8 Å². The Hall–Kier alpha value is -2.56. The maximum absolute atomic E-state index is 11.0. The predicted molar refractivity (Wildman–Crippen MR) is 77.7 cm³/mol. The van der Waals surface area contributed by atoms with Crippen LogP contribution < -0.4 is 15.8 Å². The van der Waals surface area contributed by atoms with Crippen LogP contribution in [0.4, 0.5) is 5.69 Å². The Kier molecular flexibility index (Phi) is 4.55. The lowest BCUT2D eigenvalue weighted by Gasteiger charge is -2.07. The molecule has 20 heavy (non-hydrogen) atoms. The Morgan fingerprint density at radius 1 is 1.25 bits per heavy atom. The molecule has 5 heteroatoms. The summed E-state index contributed by atoms with van der Waals surface area (Å²) >= 11 is 0. The van der Waals surface area contributed by atoms with Crippen molar-refractivity contribution in [3.05, 3.63) is 53.7 Å². The minimum Gasteiger partial charge on any atom is -0.478 e. The van der Waals surface area contributed by atoms with Crippen molar-refractivity contribution < 1.29 is 9.53 Å². The molecule has 0 aliphatic heterocycles. The van der Waals surface area contributed by atoms with E-state index in [0.717, 1.165) is 11.3 Å². The van der Waals surface area contributed by atoms with Gasteiger partial charge in [0.1, 0.15) is 0 Å². The molecule has 1 aromatic heterocycles. The summed E-state index contributed by atoms with van der Waals surface area (Å²) in [4.78, 5) is 15.1. The standard InChI is InChI=1S/C15H17N3O2/c1-2-20-14-8-7-13(10-18-14)17-9-11-3-5-12(6-4-11)15(16)19/h3-8,10,17H,2,9H2,1H3,(H2,16,19). The number of hydrogen-bond acceptors (Lipinski definition) is 4. The van der Waals surface area contributed by atoms with Crippen LogP contribution >= 0.6 is 0 Å². The quantitative estimate of drug-likeness (QED) is 0.844. The van der Waals surface area contributed by atoms with Gasteiger partial charge in [-0.15, -0.1) is 0 Å². The Labute approximate surface area is 117 Å². The molecule has 104 valence electrons. The zero-order valence-corrected chi connectivity index (χ0v) is 11.3. The van der Waals surface area contributed by atoms with Crippen LogP contribution in [-0.2, 0) is 6.54 Å². The molecule has 0 radical (unpaired) electrons. The summed E-state index contributed by atoms with van der Waals surface area (Å²) in [6.07, 6.45) is 1.72. The van der Waals surface area contributed by atoms with Crippen LogP contribution in [0.2, 0.25) is 0 Å². The van der Waals surface area contributed by atoms with E-state index in [4.69, 9.17) is 10.5 Å². The highest BCUT2D eigenvalue weighted by molar-refractivity contribution is 5.92. The summed E-state index contributed by atoms with van der Waals surface area (Å²) in [5.74, 6) is 0.198.